The number of amides is 1. The maximum Gasteiger partial charge on any atom is 0.410 e. The summed E-state index contributed by atoms with van der Waals surface area (Å²) in [4.78, 5) is 40.5. The Kier molecular flexibility index (Phi) is 10.9. The van der Waals surface area contributed by atoms with E-state index in [-0.39, 0.29) is 29.2 Å². The molecule has 53 heavy (non-hydrogen) atoms. The number of aryl methyl sites for hydroxylation is 1. The summed E-state index contributed by atoms with van der Waals surface area (Å²) in [7, 11) is -2.44. The molecule has 1 amide bonds. The summed E-state index contributed by atoms with van der Waals surface area (Å²) in [5, 5.41) is 4.83. The van der Waals surface area contributed by atoms with Gasteiger partial charge in [0.25, 0.3) is 0 Å². The first-order valence-electron chi connectivity index (χ1n) is 17.4. The van der Waals surface area contributed by atoms with Crippen molar-refractivity contribution >= 4 is 38.6 Å². The van der Waals surface area contributed by atoms with Gasteiger partial charge in [-0.3, -0.25) is 0 Å². The van der Waals surface area contributed by atoms with Gasteiger partial charge in [-0.2, -0.15) is 0 Å². The minimum Gasteiger partial charge on any atom is -0.465 e. The second-order valence-electron chi connectivity index (χ2n) is 14.0. The first-order valence-corrected chi connectivity index (χ1v) is 19.2. The predicted octanol–water partition coefficient (Wildman–Crippen LogP) is 7.51. The SMILES string of the molecule is COC(=O)c1ccccc1CS(=O)(=O)Cc1cccc2c(Oc3ncccc3-c3ccnc(N[C@H]4CCCN(C(=O)OC(C)(C)C)C4)n3)c(C)ccc12. The summed E-state index contributed by atoms with van der Waals surface area (Å²) >= 11 is 0. The van der Waals surface area contributed by atoms with Gasteiger partial charge in [0.05, 0.1) is 35.4 Å². The van der Waals surface area contributed by atoms with E-state index in [0.29, 0.717) is 53.1 Å². The van der Waals surface area contributed by atoms with Crippen molar-refractivity contribution in [2.75, 3.05) is 25.5 Å². The van der Waals surface area contributed by atoms with Gasteiger partial charge in [0.15, 0.2) is 9.84 Å². The normalized spacial score (nSPS) is 14.8. The van der Waals surface area contributed by atoms with E-state index >= 15 is 0 Å². The molecule has 1 atom stereocenters. The van der Waals surface area contributed by atoms with Crippen LogP contribution in [0.4, 0.5) is 10.7 Å². The van der Waals surface area contributed by atoms with Crippen LogP contribution in [0.5, 0.6) is 11.6 Å². The Morgan fingerprint density at radius 1 is 0.906 bits per heavy atom. The second kappa shape index (κ2) is 15.6. The van der Waals surface area contributed by atoms with Crippen molar-refractivity contribution in [3.63, 3.8) is 0 Å². The minimum absolute atomic E-state index is 0.0601. The summed E-state index contributed by atoms with van der Waals surface area (Å²) in [5.41, 5.74) is 2.68. The Balaban J connectivity index is 1.24. The van der Waals surface area contributed by atoms with Crippen LogP contribution in [0.25, 0.3) is 22.0 Å². The van der Waals surface area contributed by atoms with E-state index in [1.807, 2.05) is 52.0 Å². The molecule has 1 fully saturated rings. The molecule has 0 radical (unpaired) electrons. The number of nitrogens with zero attached hydrogens (tertiary/aromatic N) is 4. The van der Waals surface area contributed by atoms with Gasteiger partial charge >= 0.3 is 12.1 Å². The molecule has 6 rings (SSSR count). The van der Waals surface area contributed by atoms with Gasteiger partial charge in [-0.15, -0.1) is 0 Å². The molecule has 1 aliphatic heterocycles. The smallest absolute Gasteiger partial charge is 0.410 e. The average Bonchev–Trinajstić information content (AvgIpc) is 3.12. The van der Waals surface area contributed by atoms with Crippen LogP contribution in [0.3, 0.4) is 0 Å². The third-order valence-corrected chi connectivity index (χ3v) is 10.3. The van der Waals surface area contributed by atoms with Crippen LogP contribution in [0.1, 0.15) is 60.7 Å². The van der Waals surface area contributed by atoms with Crippen LogP contribution in [0, 0.1) is 6.92 Å². The number of methoxy groups -OCH3 is 1. The monoisotopic (exact) mass is 737 g/mol. The Bertz CT molecular complexity index is 2250. The molecule has 276 valence electrons. The number of ether oxygens (including phenoxy) is 3. The molecule has 5 aromatic rings. The van der Waals surface area contributed by atoms with Gasteiger partial charge in [-0.1, -0.05) is 48.5 Å². The molecular weight excluding hydrogens is 695 g/mol. The van der Waals surface area contributed by atoms with Crippen LogP contribution in [-0.4, -0.2) is 72.2 Å². The van der Waals surface area contributed by atoms with Crippen molar-refractivity contribution in [3.8, 4) is 22.9 Å². The number of benzene rings is 3. The lowest BCUT2D eigenvalue weighted by molar-refractivity contribution is 0.0206. The molecule has 0 bridgehead atoms. The predicted molar refractivity (Wildman–Crippen MR) is 203 cm³/mol. The lowest BCUT2D eigenvalue weighted by atomic mass is 10.0. The molecule has 13 heteroatoms. The summed E-state index contributed by atoms with van der Waals surface area (Å²) in [6.07, 6.45) is 4.62. The quantitative estimate of drug-likeness (QED) is 0.142. The molecule has 1 aliphatic rings. The zero-order valence-corrected chi connectivity index (χ0v) is 31.3. The first kappa shape index (κ1) is 37.2. The van der Waals surface area contributed by atoms with Gasteiger partial charge in [0.2, 0.25) is 11.8 Å². The number of piperidine rings is 1. The van der Waals surface area contributed by atoms with Gasteiger partial charge < -0.3 is 24.4 Å². The number of pyridine rings is 1. The largest absolute Gasteiger partial charge is 0.465 e. The second-order valence-corrected chi connectivity index (χ2v) is 16.1. The van der Waals surface area contributed by atoms with Crippen LogP contribution in [0.15, 0.2) is 85.2 Å². The lowest BCUT2D eigenvalue weighted by Crippen LogP contribution is -2.47. The fourth-order valence-electron chi connectivity index (χ4n) is 6.36. The van der Waals surface area contributed by atoms with E-state index in [4.69, 9.17) is 19.2 Å². The Morgan fingerprint density at radius 2 is 1.68 bits per heavy atom. The number of likely N-dealkylation sites (tertiary alicyclic amines) is 1. The van der Waals surface area contributed by atoms with Crippen molar-refractivity contribution in [2.45, 2.75) is 63.7 Å². The van der Waals surface area contributed by atoms with Crippen LogP contribution in [-0.2, 0) is 30.8 Å². The number of hydrogen-bond acceptors (Lipinski definition) is 11. The Hall–Kier alpha value is -5.56. The maximum atomic E-state index is 13.5. The lowest BCUT2D eigenvalue weighted by Gasteiger charge is -2.34. The van der Waals surface area contributed by atoms with E-state index in [2.05, 4.69) is 15.3 Å². The van der Waals surface area contributed by atoms with E-state index in [0.717, 1.165) is 29.2 Å². The number of aromatic nitrogens is 3. The number of carbonyl (C=O) groups is 2. The fourth-order valence-corrected chi connectivity index (χ4v) is 7.91. The molecule has 0 unspecified atom stereocenters. The number of carbonyl (C=O) groups excluding carboxylic acids is 2. The Labute approximate surface area is 309 Å². The molecule has 3 aromatic carbocycles. The number of anilines is 1. The summed E-state index contributed by atoms with van der Waals surface area (Å²) in [6.45, 7) is 8.57. The zero-order chi connectivity index (χ0) is 37.8. The number of rotatable bonds is 10. The molecule has 2 aromatic heterocycles. The highest BCUT2D eigenvalue weighted by molar-refractivity contribution is 7.89. The molecule has 1 saturated heterocycles. The van der Waals surface area contributed by atoms with Crippen molar-refractivity contribution in [1.82, 2.24) is 19.9 Å². The molecule has 1 N–H and O–H groups in total. The first-order chi connectivity index (χ1) is 25.3. The van der Waals surface area contributed by atoms with Crippen LogP contribution in [0.2, 0.25) is 0 Å². The summed E-state index contributed by atoms with van der Waals surface area (Å²) in [6, 6.07) is 21.2. The number of fused-ring (bicyclic) bond motifs is 1. The standard InChI is InChI=1S/C40H43N5O7S/c1-26-17-18-30-27(24-53(48,49)25-28-11-6-7-14-31(28)37(46)50-5)12-8-15-32(30)35(26)51-36-33(16-9-20-41-36)34-19-21-42-38(44-34)43-29-13-10-22-45(23-29)39(47)52-40(2,3)4/h6-9,11-12,14-21,29H,10,13,22-25H2,1-5H3,(H,42,43,44)/t29-/m0/s1. The number of sulfone groups is 1. The van der Waals surface area contributed by atoms with E-state index in [9.17, 15) is 18.0 Å². The highest BCUT2D eigenvalue weighted by Crippen LogP contribution is 2.38. The van der Waals surface area contributed by atoms with Gasteiger partial charge in [-0.25, -0.2) is 33.0 Å². The zero-order valence-electron chi connectivity index (χ0n) is 30.5. The molecule has 3 heterocycles. The van der Waals surface area contributed by atoms with Crippen LogP contribution >= 0.6 is 0 Å². The minimum atomic E-state index is -3.70. The van der Waals surface area contributed by atoms with Crippen molar-refractivity contribution in [1.29, 1.82) is 0 Å². The average molecular weight is 738 g/mol. The molecule has 0 spiro atoms. The maximum absolute atomic E-state index is 13.5. The van der Waals surface area contributed by atoms with E-state index in [1.165, 1.54) is 7.11 Å². The fraction of sp³-hybridized carbons (Fsp3) is 0.325. The molecule has 12 nitrogen and oxygen atoms in total. The van der Waals surface area contributed by atoms with Gasteiger partial charge in [0.1, 0.15) is 11.4 Å². The Morgan fingerprint density at radius 3 is 2.47 bits per heavy atom. The van der Waals surface area contributed by atoms with Crippen molar-refractivity contribution in [3.05, 3.63) is 107 Å². The highest BCUT2D eigenvalue weighted by atomic mass is 32.2. The third-order valence-electron chi connectivity index (χ3n) is 8.78. The third kappa shape index (κ3) is 9.09. The van der Waals surface area contributed by atoms with Gasteiger partial charge in [-0.05, 0) is 86.9 Å². The summed E-state index contributed by atoms with van der Waals surface area (Å²) in [5.74, 6) is 0.116. The van der Waals surface area contributed by atoms with E-state index in [1.54, 1.807) is 65.8 Å². The van der Waals surface area contributed by atoms with Crippen molar-refractivity contribution < 1.29 is 32.2 Å². The molecular formula is C40H43N5O7S. The van der Waals surface area contributed by atoms with Crippen LogP contribution < -0.4 is 10.1 Å². The number of hydrogen-bond donors (Lipinski definition) is 1. The summed E-state index contributed by atoms with van der Waals surface area (Å²) < 4.78 is 44.1. The highest BCUT2D eigenvalue weighted by Gasteiger charge is 2.28. The van der Waals surface area contributed by atoms with Crippen molar-refractivity contribution in [2.24, 2.45) is 0 Å². The van der Waals surface area contributed by atoms with E-state index < -0.39 is 21.4 Å². The molecule has 0 aliphatic carbocycles. The number of esters is 1. The van der Waals surface area contributed by atoms with Gasteiger partial charge in [0, 0.05) is 36.9 Å². The number of nitrogens with one attached hydrogen (secondary N) is 1. The topological polar surface area (TPSA) is 150 Å². The molecule has 0 saturated carbocycles.